The molecule has 2 aromatic rings. The summed E-state index contributed by atoms with van der Waals surface area (Å²) in [6, 6.07) is 14.6. The van der Waals surface area contributed by atoms with Gasteiger partial charge >= 0.3 is 5.97 Å². The number of carbonyl (C=O) groups is 4. The van der Waals surface area contributed by atoms with Crippen molar-refractivity contribution in [3.63, 3.8) is 0 Å². The van der Waals surface area contributed by atoms with Crippen LogP contribution in [0.25, 0.3) is 0 Å². The van der Waals surface area contributed by atoms with Crippen LogP contribution in [0.4, 0.5) is 5.69 Å². The normalized spacial score (nSPS) is 24.5. The van der Waals surface area contributed by atoms with Gasteiger partial charge in [0.1, 0.15) is 24.0 Å². The van der Waals surface area contributed by atoms with Gasteiger partial charge in [0.15, 0.2) is 0 Å². The van der Waals surface area contributed by atoms with Gasteiger partial charge in [0, 0.05) is 31.8 Å². The van der Waals surface area contributed by atoms with Crippen molar-refractivity contribution >= 4 is 29.4 Å². The molecule has 0 radical (unpaired) electrons. The first kappa shape index (κ1) is 34.8. The fourth-order valence-corrected chi connectivity index (χ4v) is 7.37. The number of benzene rings is 2. The maximum Gasteiger partial charge on any atom is 0.306 e. The number of rotatable bonds is 17. The minimum atomic E-state index is -1.20. The van der Waals surface area contributed by atoms with Gasteiger partial charge in [0.2, 0.25) is 11.8 Å². The number of aliphatic hydroxyl groups is 1. The largest absolute Gasteiger partial charge is 0.497 e. The molecule has 3 fully saturated rings. The summed E-state index contributed by atoms with van der Waals surface area (Å²) in [7, 11) is 1.56. The third-order valence-corrected chi connectivity index (χ3v) is 9.59. The molecule has 0 saturated carbocycles. The van der Waals surface area contributed by atoms with Crippen LogP contribution in [0.1, 0.15) is 50.1 Å². The third kappa shape index (κ3) is 6.88. The molecule has 5 rings (SSSR count). The summed E-state index contributed by atoms with van der Waals surface area (Å²) >= 11 is 0. The molecule has 11 heteroatoms. The predicted molar refractivity (Wildman–Crippen MR) is 179 cm³/mol. The summed E-state index contributed by atoms with van der Waals surface area (Å²) in [5.41, 5.74) is 0.154. The molecule has 0 unspecified atom stereocenters. The van der Waals surface area contributed by atoms with E-state index in [2.05, 4.69) is 18.5 Å². The minimum absolute atomic E-state index is 0.0493. The molecule has 2 N–H and O–H groups in total. The number of allylic oxidation sites excluding steroid dienone is 1. The van der Waals surface area contributed by atoms with Gasteiger partial charge in [0.25, 0.3) is 5.91 Å². The van der Waals surface area contributed by atoms with Crippen molar-refractivity contribution in [3.05, 3.63) is 85.5 Å². The average Bonchev–Trinajstić information content (AvgIpc) is 3.75. The Hall–Kier alpha value is -4.48. The first-order chi connectivity index (χ1) is 23.3. The van der Waals surface area contributed by atoms with Crippen molar-refractivity contribution in [3.8, 4) is 5.75 Å². The van der Waals surface area contributed by atoms with Crippen molar-refractivity contribution in [2.45, 2.75) is 62.3 Å². The fraction of sp³-hybridized carbons (Fsp3) is 0.459. The summed E-state index contributed by atoms with van der Waals surface area (Å²) in [5.74, 6) is -2.52. The number of esters is 1. The number of hydrogen-bond donors (Lipinski definition) is 2. The highest BCUT2D eigenvalue weighted by Crippen LogP contribution is 2.58. The van der Waals surface area contributed by atoms with Gasteiger partial charge in [-0.25, -0.2) is 0 Å². The van der Waals surface area contributed by atoms with Crippen LogP contribution in [0.3, 0.4) is 0 Å². The first-order valence-corrected chi connectivity index (χ1v) is 16.6. The second-order valence-corrected chi connectivity index (χ2v) is 12.4. The molecule has 2 bridgehead atoms. The molecule has 11 nitrogen and oxygen atoms in total. The Morgan fingerprint density at radius 3 is 2.54 bits per heavy atom. The van der Waals surface area contributed by atoms with Crippen LogP contribution < -0.4 is 15.0 Å². The van der Waals surface area contributed by atoms with Gasteiger partial charge in [0.05, 0.1) is 31.1 Å². The highest BCUT2D eigenvalue weighted by atomic mass is 16.5. The van der Waals surface area contributed by atoms with Crippen molar-refractivity contribution in [2.75, 3.05) is 38.3 Å². The van der Waals surface area contributed by atoms with Crippen LogP contribution in [0, 0.1) is 11.8 Å². The van der Waals surface area contributed by atoms with Gasteiger partial charge in [-0.15, -0.1) is 13.2 Å². The molecule has 3 heterocycles. The second-order valence-electron chi connectivity index (χ2n) is 12.4. The van der Waals surface area contributed by atoms with E-state index in [4.69, 9.17) is 14.2 Å². The van der Waals surface area contributed by atoms with Gasteiger partial charge in [-0.1, -0.05) is 42.5 Å². The summed E-state index contributed by atoms with van der Waals surface area (Å²) in [6.45, 7) is 7.79. The highest BCUT2D eigenvalue weighted by molar-refractivity contribution is 6.05. The molecule has 3 aliphatic heterocycles. The Morgan fingerprint density at radius 1 is 1.12 bits per heavy atom. The lowest BCUT2D eigenvalue weighted by Gasteiger charge is -2.37. The maximum absolute atomic E-state index is 14.6. The number of fused-ring (bicyclic) bond motifs is 1. The molecule has 3 aliphatic rings. The topological polar surface area (TPSA) is 135 Å². The van der Waals surface area contributed by atoms with Gasteiger partial charge in [-0.05, 0) is 61.9 Å². The number of hydrogen-bond acceptors (Lipinski definition) is 8. The molecule has 0 aliphatic carbocycles. The van der Waals surface area contributed by atoms with Gasteiger partial charge in [-0.2, -0.15) is 0 Å². The Labute approximate surface area is 281 Å². The Bertz CT molecular complexity index is 1480. The SMILES string of the molecule is C=CCCC(=O)OC[C@H](NC(=O)[C@@H]1[C@H]2C(=O)N(CCCCO)[C@H](C(=O)N(CC=C)c3ccc(OC)cc3)[C@]23CC[C@H]1O3)c1ccccc1. The zero-order valence-corrected chi connectivity index (χ0v) is 27.4. The standard InChI is InChI=1S/C37H45N3O8/c1-4-6-14-30(42)47-24-28(25-12-8-7-9-13-25)38-34(43)31-29-19-20-37(48-29)32(31)35(44)40(22-10-11-23-41)33(37)36(45)39(21-5-2)26-15-17-27(46-3)18-16-26/h4-5,7-9,12-13,15-18,28-29,31-33,41H,1-2,6,10-11,14,19-24H2,3H3,(H,38,43)/t28-,29+,31-,32-,33+,37-/m0/s1. The van der Waals surface area contributed by atoms with Crippen LogP contribution in [-0.2, 0) is 28.7 Å². The highest BCUT2D eigenvalue weighted by Gasteiger charge is 2.74. The monoisotopic (exact) mass is 659 g/mol. The van der Waals surface area contributed by atoms with E-state index in [-0.39, 0.29) is 44.5 Å². The summed E-state index contributed by atoms with van der Waals surface area (Å²) in [4.78, 5) is 58.7. The molecule has 6 atom stereocenters. The number of nitrogens with zero attached hydrogens (tertiary/aromatic N) is 2. The van der Waals surface area contributed by atoms with Crippen molar-refractivity contribution in [1.29, 1.82) is 0 Å². The zero-order chi connectivity index (χ0) is 34.3. The molecule has 3 saturated heterocycles. The van der Waals surface area contributed by atoms with Crippen molar-refractivity contribution in [1.82, 2.24) is 10.2 Å². The van der Waals surface area contributed by atoms with E-state index in [0.717, 1.165) is 5.56 Å². The number of carbonyl (C=O) groups excluding carboxylic acids is 4. The number of aliphatic hydroxyl groups excluding tert-OH is 1. The first-order valence-electron chi connectivity index (χ1n) is 16.6. The zero-order valence-electron chi connectivity index (χ0n) is 27.4. The van der Waals surface area contributed by atoms with Gasteiger partial charge < -0.3 is 34.4 Å². The van der Waals surface area contributed by atoms with Crippen LogP contribution in [-0.4, -0.2) is 84.9 Å². The average molecular weight is 660 g/mol. The Balaban J connectivity index is 1.44. The number of methoxy groups -OCH3 is 1. The molecule has 2 aromatic carbocycles. The van der Waals surface area contributed by atoms with E-state index < -0.39 is 47.5 Å². The summed E-state index contributed by atoms with van der Waals surface area (Å²) in [5, 5.41) is 12.5. The molecule has 0 aromatic heterocycles. The van der Waals surface area contributed by atoms with E-state index in [1.807, 2.05) is 30.3 Å². The lowest BCUT2D eigenvalue weighted by molar-refractivity contribution is -0.146. The van der Waals surface area contributed by atoms with Crippen LogP contribution in [0.15, 0.2) is 79.9 Å². The number of anilines is 1. The number of likely N-dealkylation sites (tertiary alicyclic amines) is 1. The predicted octanol–water partition coefficient (Wildman–Crippen LogP) is 3.73. The number of unbranched alkanes of at least 4 members (excludes halogenated alkanes) is 1. The van der Waals surface area contributed by atoms with Crippen LogP contribution in [0.2, 0.25) is 0 Å². The van der Waals surface area contributed by atoms with E-state index >= 15 is 0 Å². The lowest BCUT2D eigenvalue weighted by atomic mass is 9.70. The van der Waals surface area contributed by atoms with Crippen LogP contribution in [0.5, 0.6) is 5.75 Å². The maximum atomic E-state index is 14.6. The molecular formula is C37H45N3O8. The lowest BCUT2D eigenvalue weighted by Crippen LogP contribution is -2.56. The molecular weight excluding hydrogens is 614 g/mol. The number of nitrogens with one attached hydrogen (secondary N) is 1. The van der Waals surface area contributed by atoms with Gasteiger partial charge in [-0.3, -0.25) is 19.2 Å². The van der Waals surface area contributed by atoms with Crippen molar-refractivity contribution in [2.24, 2.45) is 11.8 Å². The number of amides is 3. The second kappa shape index (κ2) is 15.6. The van der Waals surface area contributed by atoms with E-state index in [0.29, 0.717) is 43.5 Å². The molecule has 256 valence electrons. The smallest absolute Gasteiger partial charge is 0.306 e. The molecule has 3 amide bonds. The fourth-order valence-electron chi connectivity index (χ4n) is 7.37. The quantitative estimate of drug-likeness (QED) is 0.149. The summed E-state index contributed by atoms with van der Waals surface area (Å²) in [6.07, 6.45) is 5.24. The summed E-state index contributed by atoms with van der Waals surface area (Å²) < 4.78 is 17.5. The molecule has 48 heavy (non-hydrogen) atoms. The third-order valence-electron chi connectivity index (χ3n) is 9.59. The van der Waals surface area contributed by atoms with E-state index in [1.54, 1.807) is 53.3 Å². The Morgan fingerprint density at radius 2 is 1.88 bits per heavy atom. The molecule has 1 spiro atoms. The minimum Gasteiger partial charge on any atom is -0.497 e. The van der Waals surface area contributed by atoms with E-state index in [1.165, 1.54) is 0 Å². The van der Waals surface area contributed by atoms with E-state index in [9.17, 15) is 24.3 Å². The van der Waals surface area contributed by atoms with Crippen LogP contribution >= 0.6 is 0 Å². The Kier molecular flexibility index (Phi) is 11.3. The number of ether oxygens (including phenoxy) is 3. The van der Waals surface area contributed by atoms with Crippen molar-refractivity contribution < 1.29 is 38.5 Å².